The smallest absolute Gasteiger partial charge is 0.217 e. The number of hydrogen-bond donors (Lipinski definition) is 1. The summed E-state index contributed by atoms with van der Waals surface area (Å²) in [4.78, 5) is 0. The molecule has 8 heteroatoms. The van der Waals surface area contributed by atoms with Gasteiger partial charge in [-0.2, -0.15) is 5.10 Å². The summed E-state index contributed by atoms with van der Waals surface area (Å²) in [5, 5.41) is 17.8. The molecule has 2 aliphatic rings. The maximum Gasteiger partial charge on any atom is 0.217 e. The lowest BCUT2D eigenvalue weighted by Gasteiger charge is -2.39. The number of halogens is 1. The lowest BCUT2D eigenvalue weighted by molar-refractivity contribution is -0.0223. The molecule has 33 heavy (non-hydrogen) atoms. The van der Waals surface area contributed by atoms with E-state index >= 15 is 0 Å². The number of hydrazone groups is 1. The number of benzene rings is 3. The standard InChI is InChI=1S/C25H23ClN2O5/c1-30-21-8-5-7-16(23(21)32-3)25-28-19(15-6-4-9-22(31-2)24(15)33-25)13-18(27-28)17-12-14(26)10-11-20(17)29/h4-12,19,25,29H,13H2,1-3H3/t19-,25-/m1/s1. The van der Waals surface area contributed by atoms with E-state index in [2.05, 4.69) is 0 Å². The molecule has 0 bridgehead atoms. The Kier molecular flexibility index (Phi) is 5.42. The number of fused-ring (bicyclic) bond motifs is 3. The predicted octanol–water partition coefficient (Wildman–Crippen LogP) is 5.31. The summed E-state index contributed by atoms with van der Waals surface area (Å²) < 4.78 is 23.3. The second-order valence-electron chi connectivity index (χ2n) is 7.74. The first kappa shape index (κ1) is 21.3. The Balaban J connectivity index is 1.68. The summed E-state index contributed by atoms with van der Waals surface area (Å²) in [5.74, 6) is 2.58. The van der Waals surface area contributed by atoms with Gasteiger partial charge in [0.2, 0.25) is 6.23 Å². The molecular formula is C25H23ClN2O5. The van der Waals surface area contributed by atoms with E-state index in [1.807, 2.05) is 41.4 Å². The van der Waals surface area contributed by atoms with Crippen molar-refractivity contribution in [3.05, 3.63) is 76.3 Å². The normalized spacial score (nSPS) is 18.7. The number of hydrogen-bond acceptors (Lipinski definition) is 7. The Morgan fingerprint density at radius 2 is 1.70 bits per heavy atom. The van der Waals surface area contributed by atoms with Gasteiger partial charge in [-0.1, -0.05) is 29.8 Å². The maximum atomic E-state index is 10.5. The molecule has 0 spiro atoms. The third-order valence-corrected chi connectivity index (χ3v) is 6.20. The SMILES string of the molecule is COc1cccc2c1O[C@H](c1cccc(OC)c1OC)N1N=C(c3cc(Cl)ccc3O)C[C@H]21. The van der Waals surface area contributed by atoms with Crippen LogP contribution in [0.2, 0.25) is 5.02 Å². The topological polar surface area (TPSA) is 72.8 Å². The number of rotatable bonds is 5. The summed E-state index contributed by atoms with van der Waals surface area (Å²) in [6, 6.07) is 16.3. The number of phenols is 1. The van der Waals surface area contributed by atoms with Crippen LogP contribution >= 0.6 is 11.6 Å². The van der Waals surface area contributed by atoms with Crippen molar-refractivity contribution in [2.24, 2.45) is 5.10 Å². The minimum Gasteiger partial charge on any atom is -0.507 e. The van der Waals surface area contributed by atoms with Gasteiger partial charge in [0, 0.05) is 22.6 Å². The van der Waals surface area contributed by atoms with Gasteiger partial charge in [0.15, 0.2) is 23.0 Å². The van der Waals surface area contributed by atoms with Gasteiger partial charge >= 0.3 is 0 Å². The molecule has 3 aromatic carbocycles. The van der Waals surface area contributed by atoms with Crippen LogP contribution in [0.3, 0.4) is 0 Å². The molecule has 2 aliphatic heterocycles. The highest BCUT2D eigenvalue weighted by Gasteiger charge is 2.43. The first-order valence-corrected chi connectivity index (χ1v) is 10.8. The van der Waals surface area contributed by atoms with Gasteiger partial charge in [-0.3, -0.25) is 0 Å². The van der Waals surface area contributed by atoms with Crippen molar-refractivity contribution in [3.8, 4) is 28.7 Å². The number of phenolic OH excluding ortho intramolecular Hbond substituents is 1. The molecule has 0 fully saturated rings. The molecule has 1 N–H and O–H groups in total. The summed E-state index contributed by atoms with van der Waals surface area (Å²) in [6.45, 7) is 0. The fourth-order valence-corrected chi connectivity index (χ4v) is 4.63. The lowest BCUT2D eigenvalue weighted by Crippen LogP contribution is -2.34. The van der Waals surface area contributed by atoms with Gasteiger partial charge in [-0.05, 0) is 36.4 Å². The molecule has 0 unspecified atom stereocenters. The minimum absolute atomic E-state index is 0.125. The van der Waals surface area contributed by atoms with Crippen molar-refractivity contribution < 1.29 is 24.1 Å². The van der Waals surface area contributed by atoms with Crippen molar-refractivity contribution >= 4 is 17.3 Å². The molecular weight excluding hydrogens is 444 g/mol. The van der Waals surface area contributed by atoms with Crippen LogP contribution in [0.15, 0.2) is 59.7 Å². The molecule has 0 radical (unpaired) electrons. The molecule has 170 valence electrons. The van der Waals surface area contributed by atoms with E-state index in [0.717, 1.165) is 11.1 Å². The highest BCUT2D eigenvalue weighted by molar-refractivity contribution is 6.31. The Labute approximate surface area is 196 Å². The lowest BCUT2D eigenvalue weighted by atomic mass is 9.95. The Hall–Kier alpha value is -3.58. The molecule has 0 saturated heterocycles. The van der Waals surface area contributed by atoms with Crippen LogP contribution in [0, 0.1) is 0 Å². The van der Waals surface area contributed by atoms with Crippen molar-refractivity contribution in [1.82, 2.24) is 5.01 Å². The molecule has 2 heterocycles. The molecule has 0 aliphatic carbocycles. The second kappa shape index (κ2) is 8.41. The summed E-state index contributed by atoms with van der Waals surface area (Å²) >= 11 is 6.21. The van der Waals surface area contributed by atoms with Crippen LogP contribution in [0.4, 0.5) is 0 Å². The minimum atomic E-state index is -0.609. The van der Waals surface area contributed by atoms with Crippen LogP contribution in [0.25, 0.3) is 0 Å². The van der Waals surface area contributed by atoms with Gasteiger partial charge in [-0.15, -0.1) is 0 Å². The zero-order valence-electron chi connectivity index (χ0n) is 18.4. The summed E-state index contributed by atoms with van der Waals surface area (Å²) in [6.07, 6.45) is -0.0529. The molecule has 0 amide bonds. The van der Waals surface area contributed by atoms with Crippen LogP contribution in [-0.2, 0) is 0 Å². The van der Waals surface area contributed by atoms with E-state index in [9.17, 15) is 5.11 Å². The first-order chi connectivity index (χ1) is 16.0. The fraction of sp³-hybridized carbons (Fsp3) is 0.240. The van der Waals surface area contributed by atoms with E-state index in [1.54, 1.807) is 39.5 Å². The van der Waals surface area contributed by atoms with Crippen molar-refractivity contribution in [1.29, 1.82) is 0 Å². The van der Waals surface area contributed by atoms with Gasteiger partial charge in [0.1, 0.15) is 5.75 Å². The van der Waals surface area contributed by atoms with E-state index in [-0.39, 0.29) is 11.8 Å². The second-order valence-corrected chi connectivity index (χ2v) is 8.18. The Bertz CT molecular complexity index is 1250. The fourth-order valence-electron chi connectivity index (χ4n) is 4.46. The highest BCUT2D eigenvalue weighted by atomic mass is 35.5. The van der Waals surface area contributed by atoms with Crippen LogP contribution in [-0.4, -0.2) is 37.2 Å². The number of ether oxygens (including phenoxy) is 4. The van der Waals surface area contributed by atoms with Gasteiger partial charge < -0.3 is 24.1 Å². The number of aromatic hydroxyl groups is 1. The molecule has 0 aromatic heterocycles. The molecule has 5 rings (SSSR count). The third-order valence-electron chi connectivity index (χ3n) is 5.97. The zero-order valence-corrected chi connectivity index (χ0v) is 19.2. The third kappa shape index (κ3) is 3.49. The Morgan fingerprint density at radius 1 is 0.970 bits per heavy atom. The van der Waals surface area contributed by atoms with E-state index in [4.69, 9.17) is 35.6 Å². The molecule has 7 nitrogen and oxygen atoms in total. The van der Waals surface area contributed by atoms with Crippen LogP contribution in [0.5, 0.6) is 28.7 Å². The zero-order chi connectivity index (χ0) is 23.1. The molecule has 3 aromatic rings. The number of methoxy groups -OCH3 is 3. The van der Waals surface area contributed by atoms with Crippen LogP contribution < -0.4 is 18.9 Å². The summed E-state index contributed by atoms with van der Waals surface area (Å²) in [7, 11) is 4.81. The van der Waals surface area contributed by atoms with E-state index in [0.29, 0.717) is 45.7 Å². The number of nitrogens with zero attached hydrogens (tertiary/aromatic N) is 2. The number of para-hydroxylation sites is 2. The van der Waals surface area contributed by atoms with Crippen molar-refractivity contribution in [2.75, 3.05) is 21.3 Å². The molecule has 0 saturated carbocycles. The van der Waals surface area contributed by atoms with Crippen LogP contribution in [0.1, 0.15) is 35.4 Å². The molecule has 2 atom stereocenters. The van der Waals surface area contributed by atoms with Gasteiger partial charge in [0.05, 0.1) is 38.6 Å². The highest BCUT2D eigenvalue weighted by Crippen LogP contribution is 2.52. The largest absolute Gasteiger partial charge is 0.507 e. The average molecular weight is 467 g/mol. The Morgan fingerprint density at radius 3 is 2.42 bits per heavy atom. The monoisotopic (exact) mass is 466 g/mol. The van der Waals surface area contributed by atoms with Crippen molar-refractivity contribution in [2.45, 2.75) is 18.7 Å². The average Bonchev–Trinajstić information content (AvgIpc) is 3.29. The van der Waals surface area contributed by atoms with E-state index in [1.165, 1.54) is 0 Å². The first-order valence-electron chi connectivity index (χ1n) is 10.4. The summed E-state index contributed by atoms with van der Waals surface area (Å²) in [5.41, 5.74) is 3.02. The van der Waals surface area contributed by atoms with E-state index < -0.39 is 6.23 Å². The maximum absolute atomic E-state index is 10.5. The van der Waals surface area contributed by atoms with Gasteiger partial charge in [0.25, 0.3) is 0 Å². The predicted molar refractivity (Wildman–Crippen MR) is 125 cm³/mol. The van der Waals surface area contributed by atoms with Gasteiger partial charge in [-0.25, -0.2) is 5.01 Å². The quantitative estimate of drug-likeness (QED) is 0.549. The van der Waals surface area contributed by atoms with Crippen molar-refractivity contribution in [3.63, 3.8) is 0 Å².